The van der Waals surface area contributed by atoms with Crippen LogP contribution >= 0.6 is 27.5 Å². The van der Waals surface area contributed by atoms with Crippen molar-refractivity contribution in [3.05, 3.63) is 74.6 Å². The first-order valence-electron chi connectivity index (χ1n) is 9.74. The van der Waals surface area contributed by atoms with Crippen LogP contribution in [0.4, 0.5) is 5.69 Å². The molecule has 0 atom stereocenters. The molecule has 8 nitrogen and oxygen atoms in total. The number of benzene rings is 2. The van der Waals surface area contributed by atoms with E-state index >= 15 is 0 Å². The van der Waals surface area contributed by atoms with Crippen molar-refractivity contribution in [3.8, 4) is 17.2 Å². The number of aromatic nitrogens is 2. The van der Waals surface area contributed by atoms with Crippen LogP contribution in [0.3, 0.4) is 0 Å². The summed E-state index contributed by atoms with van der Waals surface area (Å²) < 4.78 is 33.3. The molecule has 11 heteroatoms. The summed E-state index contributed by atoms with van der Waals surface area (Å²) in [5.41, 5.74) is 0.628. The summed E-state index contributed by atoms with van der Waals surface area (Å²) in [6.45, 7) is 1.46. The number of anilines is 1. The van der Waals surface area contributed by atoms with Gasteiger partial charge in [-0.3, -0.25) is 4.79 Å². The molecule has 0 spiro atoms. The van der Waals surface area contributed by atoms with Crippen molar-refractivity contribution in [2.24, 2.45) is 0 Å². The first-order chi connectivity index (χ1) is 15.2. The molecule has 32 heavy (non-hydrogen) atoms. The second-order valence-electron chi connectivity index (χ2n) is 7.26. The molecule has 1 aliphatic heterocycles. The summed E-state index contributed by atoms with van der Waals surface area (Å²) in [6.07, 6.45) is 2.76. The van der Waals surface area contributed by atoms with E-state index in [2.05, 4.69) is 21.0 Å². The highest BCUT2D eigenvalue weighted by Gasteiger charge is 2.27. The fourth-order valence-electron chi connectivity index (χ4n) is 3.40. The molecule has 0 amide bonds. The summed E-state index contributed by atoms with van der Waals surface area (Å²) in [4.78, 5) is 15.3. The van der Waals surface area contributed by atoms with E-state index in [0.29, 0.717) is 48.3 Å². The number of nitrogens with zero attached hydrogens (tertiary/aromatic N) is 4. The van der Waals surface area contributed by atoms with Gasteiger partial charge in [-0.05, 0) is 48.5 Å². The molecule has 0 bridgehead atoms. The van der Waals surface area contributed by atoms with Gasteiger partial charge in [-0.1, -0.05) is 27.5 Å². The molecule has 0 saturated carbocycles. The topological polar surface area (TPSA) is 84.7 Å². The minimum Gasteiger partial charge on any atom is -0.449 e. The fourth-order valence-corrected chi connectivity index (χ4v) is 4.61. The van der Waals surface area contributed by atoms with Crippen LogP contribution < -0.4 is 15.2 Å². The Morgan fingerprint density at radius 2 is 1.62 bits per heavy atom. The Balaban J connectivity index is 1.74. The summed E-state index contributed by atoms with van der Waals surface area (Å²) in [5.74, 6) is 0.611. The van der Waals surface area contributed by atoms with Crippen LogP contribution in [0.5, 0.6) is 11.5 Å². The molecule has 1 saturated heterocycles. The van der Waals surface area contributed by atoms with Crippen LogP contribution in [0.1, 0.15) is 0 Å². The van der Waals surface area contributed by atoms with Gasteiger partial charge in [-0.2, -0.15) is 14.1 Å². The van der Waals surface area contributed by atoms with Crippen LogP contribution in [0.15, 0.2) is 64.0 Å². The average molecular weight is 540 g/mol. The molecule has 168 valence electrons. The number of hydrogen-bond donors (Lipinski definition) is 0. The Bertz CT molecular complexity index is 1270. The maximum atomic E-state index is 13.4. The largest absolute Gasteiger partial charge is 0.449 e. The summed E-state index contributed by atoms with van der Waals surface area (Å²) in [7, 11) is -3.27. The molecule has 3 aromatic rings. The smallest absolute Gasteiger partial charge is 0.316 e. The predicted molar refractivity (Wildman–Crippen MR) is 128 cm³/mol. The Morgan fingerprint density at radius 1 is 1.00 bits per heavy atom. The third-order valence-electron chi connectivity index (χ3n) is 5.07. The lowest BCUT2D eigenvalue weighted by Crippen LogP contribution is -2.48. The van der Waals surface area contributed by atoms with Gasteiger partial charge in [0.25, 0.3) is 0 Å². The lowest BCUT2D eigenvalue weighted by Gasteiger charge is -2.35. The summed E-state index contributed by atoms with van der Waals surface area (Å²) in [5, 5.41) is 4.89. The van der Waals surface area contributed by atoms with E-state index in [4.69, 9.17) is 16.3 Å². The molecule has 1 aliphatic rings. The van der Waals surface area contributed by atoms with Crippen LogP contribution in [-0.2, 0) is 10.0 Å². The zero-order valence-electron chi connectivity index (χ0n) is 17.1. The predicted octanol–water partition coefficient (Wildman–Crippen LogP) is 3.52. The highest BCUT2D eigenvalue weighted by atomic mass is 79.9. The normalized spacial score (nSPS) is 15.0. The molecule has 0 N–H and O–H groups in total. The van der Waals surface area contributed by atoms with Gasteiger partial charge < -0.3 is 9.64 Å². The number of sulfonamides is 1. The zero-order valence-corrected chi connectivity index (χ0v) is 20.3. The van der Waals surface area contributed by atoms with Crippen molar-refractivity contribution in [1.29, 1.82) is 0 Å². The van der Waals surface area contributed by atoms with E-state index in [0.717, 1.165) is 4.47 Å². The van der Waals surface area contributed by atoms with E-state index in [1.54, 1.807) is 42.6 Å². The van der Waals surface area contributed by atoms with Crippen LogP contribution in [0.2, 0.25) is 5.02 Å². The number of ether oxygens (including phenoxy) is 1. The van der Waals surface area contributed by atoms with Gasteiger partial charge in [-0.15, -0.1) is 0 Å². The Hall–Kier alpha value is -2.40. The highest BCUT2D eigenvalue weighted by molar-refractivity contribution is 9.10. The van der Waals surface area contributed by atoms with E-state index in [9.17, 15) is 13.2 Å². The molecule has 1 aromatic heterocycles. The van der Waals surface area contributed by atoms with Gasteiger partial charge in [0.2, 0.25) is 15.8 Å². The van der Waals surface area contributed by atoms with E-state index in [1.165, 1.54) is 15.2 Å². The van der Waals surface area contributed by atoms with Crippen molar-refractivity contribution >= 4 is 43.2 Å². The van der Waals surface area contributed by atoms with Gasteiger partial charge in [0.05, 0.1) is 18.1 Å². The molecule has 2 aromatic carbocycles. The van der Waals surface area contributed by atoms with Crippen molar-refractivity contribution in [3.63, 3.8) is 0 Å². The van der Waals surface area contributed by atoms with Gasteiger partial charge >= 0.3 is 5.56 Å². The Kier molecular flexibility index (Phi) is 6.57. The Morgan fingerprint density at radius 3 is 2.22 bits per heavy atom. The SMILES string of the molecule is CS(=O)(=O)N1CCN(c2cnn(-c3ccc(Cl)cc3)c(=O)c2Oc2ccc(Br)cc2)CC1. The number of halogens is 2. The minimum absolute atomic E-state index is 0.116. The van der Waals surface area contributed by atoms with Gasteiger partial charge in [-0.25, -0.2) is 8.42 Å². The van der Waals surface area contributed by atoms with E-state index in [-0.39, 0.29) is 5.75 Å². The highest BCUT2D eigenvalue weighted by Crippen LogP contribution is 2.30. The lowest BCUT2D eigenvalue weighted by molar-refractivity contribution is 0.384. The number of hydrogen-bond acceptors (Lipinski definition) is 6. The zero-order chi connectivity index (χ0) is 22.9. The second-order valence-corrected chi connectivity index (χ2v) is 10.6. The van der Waals surface area contributed by atoms with Crippen LogP contribution in [-0.4, -0.2) is 54.9 Å². The maximum absolute atomic E-state index is 13.4. The molecular formula is C21H20BrClN4O4S. The molecule has 0 unspecified atom stereocenters. The second kappa shape index (κ2) is 9.22. The van der Waals surface area contributed by atoms with Gasteiger partial charge in [0.15, 0.2) is 0 Å². The van der Waals surface area contributed by atoms with Crippen molar-refractivity contribution < 1.29 is 13.2 Å². The average Bonchev–Trinajstić information content (AvgIpc) is 2.77. The number of piperazine rings is 1. The first-order valence-corrected chi connectivity index (χ1v) is 12.8. The van der Waals surface area contributed by atoms with E-state index in [1.807, 2.05) is 17.0 Å². The standard InChI is InChI=1S/C21H20BrClN4O4S/c1-32(29,30)26-12-10-25(11-13-26)19-14-24-27(17-6-4-16(23)5-7-17)21(28)20(19)31-18-8-2-15(22)3-9-18/h2-9,14H,10-13H2,1H3. The van der Waals surface area contributed by atoms with Crippen LogP contribution in [0, 0.1) is 0 Å². The van der Waals surface area contributed by atoms with Crippen molar-refractivity contribution in [2.75, 3.05) is 37.3 Å². The van der Waals surface area contributed by atoms with Gasteiger partial charge in [0, 0.05) is 35.7 Å². The lowest BCUT2D eigenvalue weighted by atomic mass is 10.3. The van der Waals surface area contributed by atoms with Crippen LogP contribution in [0.25, 0.3) is 5.69 Å². The third kappa shape index (κ3) is 4.98. The van der Waals surface area contributed by atoms with Gasteiger partial charge in [0.1, 0.15) is 11.4 Å². The molecule has 4 rings (SSSR count). The monoisotopic (exact) mass is 538 g/mol. The Labute approximate surface area is 199 Å². The minimum atomic E-state index is -3.27. The number of rotatable bonds is 5. The first kappa shape index (κ1) is 22.8. The summed E-state index contributed by atoms with van der Waals surface area (Å²) >= 11 is 9.36. The molecule has 0 radical (unpaired) electrons. The molecular weight excluding hydrogens is 520 g/mol. The molecule has 2 heterocycles. The molecule has 0 aliphatic carbocycles. The maximum Gasteiger partial charge on any atom is 0.316 e. The van der Waals surface area contributed by atoms with Crippen molar-refractivity contribution in [2.45, 2.75) is 0 Å². The fraction of sp³-hybridized carbons (Fsp3) is 0.238. The third-order valence-corrected chi connectivity index (χ3v) is 7.15. The summed E-state index contributed by atoms with van der Waals surface area (Å²) in [6, 6.07) is 13.9. The van der Waals surface area contributed by atoms with Crippen molar-refractivity contribution in [1.82, 2.24) is 14.1 Å². The molecule has 1 fully saturated rings. The van der Waals surface area contributed by atoms with E-state index < -0.39 is 15.6 Å². The quantitative estimate of drug-likeness (QED) is 0.493.